The minimum atomic E-state index is -0.713. The van der Waals surface area contributed by atoms with E-state index in [9.17, 15) is 14.0 Å². The van der Waals surface area contributed by atoms with Crippen LogP contribution in [-0.2, 0) is 4.74 Å². The molecular formula is C29H23F2N5O4. The minimum Gasteiger partial charge on any atom is -0.452 e. The zero-order valence-electron chi connectivity index (χ0n) is 21.1. The maximum absolute atomic E-state index is 15.2. The van der Waals surface area contributed by atoms with Crippen LogP contribution in [0.5, 0.6) is 11.5 Å². The summed E-state index contributed by atoms with van der Waals surface area (Å²) in [6, 6.07) is 15.9. The van der Waals surface area contributed by atoms with Crippen LogP contribution in [0.3, 0.4) is 0 Å². The van der Waals surface area contributed by atoms with Gasteiger partial charge in [-0.1, -0.05) is 0 Å². The maximum atomic E-state index is 15.2. The van der Waals surface area contributed by atoms with Crippen LogP contribution < -0.4 is 20.5 Å². The number of H-pyrrole nitrogens is 1. The van der Waals surface area contributed by atoms with Gasteiger partial charge < -0.3 is 19.7 Å². The van der Waals surface area contributed by atoms with Gasteiger partial charge in [-0.05, 0) is 60.7 Å². The predicted octanol–water partition coefficient (Wildman–Crippen LogP) is 4.87. The number of pyridine rings is 1. The number of hydrogen-bond acceptors (Lipinski definition) is 6. The van der Waals surface area contributed by atoms with Gasteiger partial charge in [-0.3, -0.25) is 19.3 Å². The molecule has 6 rings (SSSR count). The molecule has 0 unspecified atom stereocenters. The van der Waals surface area contributed by atoms with Crippen molar-refractivity contribution in [2.75, 3.05) is 36.5 Å². The number of rotatable bonds is 6. The number of nitrogens with one attached hydrogen (secondary N) is 2. The van der Waals surface area contributed by atoms with Crippen molar-refractivity contribution < 1.29 is 23.0 Å². The van der Waals surface area contributed by atoms with E-state index < -0.39 is 23.1 Å². The van der Waals surface area contributed by atoms with Crippen LogP contribution in [0.25, 0.3) is 16.6 Å². The molecule has 11 heteroatoms. The summed E-state index contributed by atoms with van der Waals surface area (Å²) >= 11 is 0. The zero-order chi connectivity index (χ0) is 27.6. The third-order valence-corrected chi connectivity index (χ3v) is 6.58. The van der Waals surface area contributed by atoms with Crippen LogP contribution in [0.2, 0.25) is 0 Å². The highest BCUT2D eigenvalue weighted by Gasteiger charge is 2.20. The fourth-order valence-corrected chi connectivity index (χ4v) is 4.54. The van der Waals surface area contributed by atoms with Crippen LogP contribution in [0.15, 0.2) is 83.9 Å². The summed E-state index contributed by atoms with van der Waals surface area (Å²) < 4.78 is 41.2. The van der Waals surface area contributed by atoms with Crippen molar-refractivity contribution in [3.05, 3.63) is 107 Å². The quantitative estimate of drug-likeness (QED) is 0.317. The first-order valence-electron chi connectivity index (χ1n) is 12.5. The number of aromatic amines is 1. The number of anilines is 2. The standard InChI is InChI=1S/C29H23F2N5O4/c30-19-3-6-21(7-4-19)36-9-1-2-22(29(36)38)28(37)33-20-5-8-26(23(31)15-20)40-27-14-18-17-32-34-24(18)16-25(27)35-10-12-39-13-11-35/h1-9,14-17H,10-13H2,(H,32,34)(H,33,37). The molecule has 1 fully saturated rings. The van der Waals surface area contributed by atoms with Crippen molar-refractivity contribution in [2.24, 2.45) is 0 Å². The van der Waals surface area contributed by atoms with Gasteiger partial charge in [0.15, 0.2) is 17.3 Å². The van der Waals surface area contributed by atoms with Gasteiger partial charge in [0.1, 0.15) is 11.4 Å². The molecule has 0 radical (unpaired) electrons. The molecule has 3 heterocycles. The molecule has 1 saturated heterocycles. The lowest BCUT2D eigenvalue weighted by Gasteiger charge is -2.30. The first-order valence-corrected chi connectivity index (χ1v) is 12.5. The molecule has 3 aromatic carbocycles. The number of carbonyl (C=O) groups excluding carboxylic acids is 1. The average molecular weight is 544 g/mol. The number of morpholine rings is 1. The molecule has 2 aromatic heterocycles. The van der Waals surface area contributed by atoms with E-state index >= 15 is 4.39 Å². The number of nitrogens with zero attached hydrogens (tertiary/aromatic N) is 3. The lowest BCUT2D eigenvalue weighted by Crippen LogP contribution is -2.36. The molecule has 0 spiro atoms. The van der Waals surface area contributed by atoms with E-state index in [1.54, 1.807) is 12.3 Å². The normalized spacial score (nSPS) is 13.4. The second-order valence-corrected chi connectivity index (χ2v) is 9.15. The Morgan fingerprint density at radius 1 is 1.00 bits per heavy atom. The van der Waals surface area contributed by atoms with Gasteiger partial charge in [-0.25, -0.2) is 8.78 Å². The van der Waals surface area contributed by atoms with Gasteiger partial charge in [-0.15, -0.1) is 0 Å². The predicted molar refractivity (Wildman–Crippen MR) is 146 cm³/mol. The zero-order valence-corrected chi connectivity index (χ0v) is 21.1. The van der Waals surface area contributed by atoms with Crippen LogP contribution in [-0.4, -0.2) is 47.0 Å². The van der Waals surface area contributed by atoms with Crippen LogP contribution in [0.4, 0.5) is 20.2 Å². The van der Waals surface area contributed by atoms with Crippen LogP contribution in [0.1, 0.15) is 10.4 Å². The van der Waals surface area contributed by atoms with E-state index in [2.05, 4.69) is 20.4 Å². The van der Waals surface area contributed by atoms with E-state index in [1.165, 1.54) is 59.3 Å². The highest BCUT2D eigenvalue weighted by molar-refractivity contribution is 6.04. The van der Waals surface area contributed by atoms with Crippen molar-refractivity contribution in [2.45, 2.75) is 0 Å². The molecule has 1 aliphatic heterocycles. The number of hydrogen-bond donors (Lipinski definition) is 2. The summed E-state index contributed by atoms with van der Waals surface area (Å²) in [5.74, 6) is -1.44. The number of carbonyl (C=O) groups is 1. The van der Waals surface area contributed by atoms with E-state index in [1.807, 2.05) is 6.07 Å². The van der Waals surface area contributed by atoms with Gasteiger partial charge in [0.25, 0.3) is 11.5 Å². The smallest absolute Gasteiger partial charge is 0.267 e. The minimum absolute atomic E-state index is 0.0336. The second kappa shape index (κ2) is 10.6. The highest BCUT2D eigenvalue weighted by atomic mass is 19.1. The summed E-state index contributed by atoms with van der Waals surface area (Å²) in [6.45, 7) is 2.46. The van der Waals surface area contributed by atoms with Crippen LogP contribution >= 0.6 is 0 Å². The lowest BCUT2D eigenvalue weighted by atomic mass is 10.2. The first kappa shape index (κ1) is 25.3. The number of ether oxygens (including phenoxy) is 2. The topological polar surface area (TPSA) is 101 Å². The average Bonchev–Trinajstić information content (AvgIpc) is 3.43. The molecule has 5 aromatic rings. The van der Waals surface area contributed by atoms with Gasteiger partial charge in [0.05, 0.1) is 30.6 Å². The third-order valence-electron chi connectivity index (χ3n) is 6.58. The Kier molecular flexibility index (Phi) is 6.71. The Labute approximate surface area is 226 Å². The summed E-state index contributed by atoms with van der Waals surface area (Å²) in [5, 5.41) is 10.4. The van der Waals surface area contributed by atoms with E-state index in [0.717, 1.165) is 22.7 Å². The molecule has 9 nitrogen and oxygen atoms in total. The fraction of sp³-hybridized carbons (Fsp3) is 0.138. The molecule has 202 valence electrons. The molecular weight excluding hydrogens is 520 g/mol. The SMILES string of the molecule is O=C(Nc1ccc(Oc2cc3cn[nH]c3cc2N2CCOCC2)c(F)c1)c1cccn(-c2ccc(F)cc2)c1=O. The monoisotopic (exact) mass is 543 g/mol. The molecule has 1 amide bonds. The summed E-state index contributed by atoms with van der Waals surface area (Å²) in [5.41, 5.74) is 1.39. The van der Waals surface area contributed by atoms with E-state index in [4.69, 9.17) is 9.47 Å². The Morgan fingerprint density at radius 3 is 2.58 bits per heavy atom. The Bertz CT molecular complexity index is 1760. The number of amides is 1. The summed E-state index contributed by atoms with van der Waals surface area (Å²) in [6.07, 6.45) is 3.14. The third kappa shape index (κ3) is 5.02. The largest absolute Gasteiger partial charge is 0.452 e. The van der Waals surface area contributed by atoms with Gasteiger partial charge in [0.2, 0.25) is 0 Å². The number of benzene rings is 3. The molecule has 0 atom stereocenters. The van der Waals surface area contributed by atoms with Crippen molar-refractivity contribution in [1.29, 1.82) is 0 Å². The van der Waals surface area contributed by atoms with Crippen LogP contribution in [0, 0.1) is 11.6 Å². The van der Waals surface area contributed by atoms with Crippen molar-refractivity contribution in [3.8, 4) is 17.2 Å². The molecule has 0 bridgehead atoms. The molecule has 0 aliphatic carbocycles. The Hall–Kier alpha value is -5.03. The Morgan fingerprint density at radius 2 is 1.80 bits per heavy atom. The van der Waals surface area contributed by atoms with Crippen molar-refractivity contribution in [1.82, 2.24) is 14.8 Å². The van der Waals surface area contributed by atoms with Crippen molar-refractivity contribution >= 4 is 28.2 Å². The van der Waals surface area contributed by atoms with E-state index in [0.29, 0.717) is 37.7 Å². The summed E-state index contributed by atoms with van der Waals surface area (Å²) in [4.78, 5) is 28.0. The molecule has 40 heavy (non-hydrogen) atoms. The van der Waals surface area contributed by atoms with Gasteiger partial charge >= 0.3 is 0 Å². The lowest BCUT2D eigenvalue weighted by molar-refractivity contribution is 0.102. The number of halogens is 2. The molecule has 0 saturated carbocycles. The maximum Gasteiger partial charge on any atom is 0.267 e. The number of aromatic nitrogens is 3. The van der Waals surface area contributed by atoms with Gasteiger partial charge in [0, 0.05) is 42.1 Å². The number of fused-ring (bicyclic) bond motifs is 1. The second-order valence-electron chi connectivity index (χ2n) is 9.15. The van der Waals surface area contributed by atoms with Crippen molar-refractivity contribution in [3.63, 3.8) is 0 Å². The van der Waals surface area contributed by atoms with E-state index in [-0.39, 0.29) is 17.0 Å². The first-order chi connectivity index (χ1) is 19.5. The molecule has 1 aliphatic rings. The summed E-state index contributed by atoms with van der Waals surface area (Å²) in [7, 11) is 0. The van der Waals surface area contributed by atoms with Gasteiger partial charge in [-0.2, -0.15) is 5.10 Å². The highest BCUT2D eigenvalue weighted by Crippen LogP contribution is 2.37. The Balaban J connectivity index is 1.24. The molecule has 2 N–H and O–H groups in total. The fourth-order valence-electron chi connectivity index (χ4n) is 4.54.